The Kier molecular flexibility index (Phi) is 5.07. The Morgan fingerprint density at radius 1 is 1.33 bits per heavy atom. The third-order valence-electron chi connectivity index (χ3n) is 3.64. The number of hydrogen-bond donors (Lipinski definition) is 0. The molecule has 0 aromatic rings. The van der Waals surface area contributed by atoms with Crippen LogP contribution in [0.15, 0.2) is 11.1 Å². The first-order valence-electron chi connectivity index (χ1n) is 6.35. The molecule has 15 heavy (non-hydrogen) atoms. The van der Waals surface area contributed by atoms with Crippen LogP contribution in [0.4, 0.5) is 0 Å². The molecule has 0 bridgehead atoms. The standard InChI is InChI=1S/C14H24O/c1-4-6-14(15)10-9-11(2)12(3)13-7-5-8-13/h11H,4-10H2,1-3H3. The van der Waals surface area contributed by atoms with E-state index in [1.165, 1.54) is 19.3 Å². The molecule has 0 heterocycles. The number of ketones is 1. The summed E-state index contributed by atoms with van der Waals surface area (Å²) in [7, 11) is 0. The van der Waals surface area contributed by atoms with Gasteiger partial charge < -0.3 is 0 Å². The van der Waals surface area contributed by atoms with Crippen molar-refractivity contribution in [1.29, 1.82) is 0 Å². The SMILES string of the molecule is CCCC(=O)CCC(C)C(C)=C1CCC1. The van der Waals surface area contributed by atoms with Crippen molar-refractivity contribution < 1.29 is 4.79 Å². The van der Waals surface area contributed by atoms with Crippen LogP contribution in [-0.4, -0.2) is 5.78 Å². The van der Waals surface area contributed by atoms with Crippen molar-refractivity contribution in [1.82, 2.24) is 0 Å². The van der Waals surface area contributed by atoms with Crippen LogP contribution in [0.25, 0.3) is 0 Å². The molecule has 1 nitrogen and oxygen atoms in total. The molecule has 1 aliphatic carbocycles. The van der Waals surface area contributed by atoms with E-state index in [0.717, 1.165) is 25.7 Å². The fourth-order valence-electron chi connectivity index (χ4n) is 2.09. The lowest BCUT2D eigenvalue weighted by Gasteiger charge is -2.23. The zero-order valence-electron chi connectivity index (χ0n) is 10.4. The van der Waals surface area contributed by atoms with Gasteiger partial charge in [0.05, 0.1) is 0 Å². The highest BCUT2D eigenvalue weighted by Gasteiger charge is 2.16. The third-order valence-corrected chi connectivity index (χ3v) is 3.64. The second-order valence-corrected chi connectivity index (χ2v) is 4.87. The molecular formula is C14H24O. The van der Waals surface area contributed by atoms with Gasteiger partial charge in [-0.2, -0.15) is 0 Å². The molecule has 0 radical (unpaired) electrons. The van der Waals surface area contributed by atoms with Gasteiger partial charge >= 0.3 is 0 Å². The average molecular weight is 208 g/mol. The van der Waals surface area contributed by atoms with E-state index < -0.39 is 0 Å². The molecular weight excluding hydrogens is 184 g/mol. The Labute approximate surface area is 93.9 Å². The topological polar surface area (TPSA) is 17.1 Å². The second kappa shape index (κ2) is 6.09. The van der Waals surface area contributed by atoms with Gasteiger partial charge in [-0.05, 0) is 44.9 Å². The van der Waals surface area contributed by atoms with Crippen molar-refractivity contribution in [3.8, 4) is 0 Å². The number of allylic oxidation sites excluding steroid dienone is 2. The Bertz CT molecular complexity index is 244. The summed E-state index contributed by atoms with van der Waals surface area (Å²) >= 11 is 0. The predicted molar refractivity (Wildman–Crippen MR) is 64.9 cm³/mol. The molecule has 1 rings (SSSR count). The fraction of sp³-hybridized carbons (Fsp3) is 0.786. The largest absolute Gasteiger partial charge is 0.300 e. The molecule has 0 saturated heterocycles. The van der Waals surface area contributed by atoms with Gasteiger partial charge in [0.1, 0.15) is 5.78 Å². The lowest BCUT2D eigenvalue weighted by molar-refractivity contribution is -0.119. The average Bonchev–Trinajstić information content (AvgIpc) is 2.11. The van der Waals surface area contributed by atoms with E-state index in [1.807, 2.05) is 0 Å². The van der Waals surface area contributed by atoms with E-state index in [2.05, 4.69) is 20.8 Å². The summed E-state index contributed by atoms with van der Waals surface area (Å²) in [6, 6.07) is 0. The number of hydrogen-bond acceptors (Lipinski definition) is 1. The predicted octanol–water partition coefficient (Wildman–Crippen LogP) is 4.27. The van der Waals surface area contributed by atoms with Crippen LogP contribution in [0.5, 0.6) is 0 Å². The normalized spacial score (nSPS) is 17.1. The van der Waals surface area contributed by atoms with Gasteiger partial charge in [0.25, 0.3) is 0 Å². The van der Waals surface area contributed by atoms with Crippen LogP contribution in [-0.2, 0) is 4.79 Å². The van der Waals surface area contributed by atoms with Gasteiger partial charge in [-0.3, -0.25) is 4.79 Å². The van der Waals surface area contributed by atoms with Crippen LogP contribution in [0, 0.1) is 5.92 Å². The minimum Gasteiger partial charge on any atom is -0.300 e. The van der Waals surface area contributed by atoms with E-state index in [9.17, 15) is 4.79 Å². The Hall–Kier alpha value is -0.590. The van der Waals surface area contributed by atoms with Gasteiger partial charge in [-0.25, -0.2) is 0 Å². The lowest BCUT2D eigenvalue weighted by atomic mass is 9.82. The highest BCUT2D eigenvalue weighted by molar-refractivity contribution is 5.78. The lowest BCUT2D eigenvalue weighted by Crippen LogP contribution is -2.08. The van der Waals surface area contributed by atoms with Gasteiger partial charge in [-0.15, -0.1) is 0 Å². The summed E-state index contributed by atoms with van der Waals surface area (Å²) in [6.45, 7) is 6.59. The van der Waals surface area contributed by atoms with Crippen molar-refractivity contribution >= 4 is 5.78 Å². The van der Waals surface area contributed by atoms with Crippen molar-refractivity contribution in [3.05, 3.63) is 11.1 Å². The maximum Gasteiger partial charge on any atom is 0.132 e. The van der Waals surface area contributed by atoms with Crippen LogP contribution in [0.3, 0.4) is 0 Å². The highest BCUT2D eigenvalue weighted by Crippen LogP contribution is 2.32. The Balaban J connectivity index is 2.29. The zero-order valence-corrected chi connectivity index (χ0v) is 10.4. The molecule has 1 saturated carbocycles. The maximum atomic E-state index is 11.4. The molecule has 1 unspecified atom stereocenters. The van der Waals surface area contributed by atoms with Crippen molar-refractivity contribution in [2.24, 2.45) is 5.92 Å². The Morgan fingerprint density at radius 3 is 2.47 bits per heavy atom. The summed E-state index contributed by atoms with van der Waals surface area (Å²) in [4.78, 5) is 11.4. The van der Waals surface area contributed by atoms with E-state index >= 15 is 0 Å². The fourth-order valence-corrected chi connectivity index (χ4v) is 2.09. The molecule has 1 heteroatoms. The van der Waals surface area contributed by atoms with E-state index in [-0.39, 0.29) is 0 Å². The first kappa shape index (κ1) is 12.5. The third kappa shape index (κ3) is 3.81. The first-order valence-corrected chi connectivity index (χ1v) is 6.35. The number of Topliss-reactive ketones (excluding diaryl/α,β-unsaturated/α-hetero) is 1. The first-order chi connectivity index (χ1) is 7.15. The summed E-state index contributed by atoms with van der Waals surface area (Å²) in [5.41, 5.74) is 3.22. The van der Waals surface area contributed by atoms with E-state index in [1.54, 1.807) is 11.1 Å². The molecule has 0 amide bonds. The zero-order chi connectivity index (χ0) is 11.3. The monoisotopic (exact) mass is 208 g/mol. The highest BCUT2D eigenvalue weighted by atomic mass is 16.1. The molecule has 0 spiro atoms. The van der Waals surface area contributed by atoms with E-state index in [0.29, 0.717) is 11.7 Å². The molecule has 0 aromatic heterocycles. The van der Waals surface area contributed by atoms with Gasteiger partial charge in [0, 0.05) is 12.8 Å². The summed E-state index contributed by atoms with van der Waals surface area (Å²) in [5.74, 6) is 1.05. The van der Waals surface area contributed by atoms with Crippen LogP contribution >= 0.6 is 0 Å². The summed E-state index contributed by atoms with van der Waals surface area (Å²) in [5, 5.41) is 0. The minimum atomic E-state index is 0.441. The van der Waals surface area contributed by atoms with E-state index in [4.69, 9.17) is 0 Å². The Morgan fingerprint density at radius 2 is 2.00 bits per heavy atom. The molecule has 0 N–H and O–H groups in total. The summed E-state index contributed by atoms with van der Waals surface area (Å²) < 4.78 is 0. The minimum absolute atomic E-state index is 0.441. The van der Waals surface area contributed by atoms with Gasteiger partial charge in [0.2, 0.25) is 0 Å². The van der Waals surface area contributed by atoms with Crippen molar-refractivity contribution in [2.45, 2.75) is 65.7 Å². The van der Waals surface area contributed by atoms with Gasteiger partial charge in [0.15, 0.2) is 0 Å². The van der Waals surface area contributed by atoms with Crippen LogP contribution in [0.2, 0.25) is 0 Å². The van der Waals surface area contributed by atoms with Gasteiger partial charge in [-0.1, -0.05) is 25.0 Å². The number of carbonyl (C=O) groups is 1. The molecule has 1 fully saturated rings. The van der Waals surface area contributed by atoms with Crippen LogP contribution in [0.1, 0.15) is 65.7 Å². The molecule has 0 aromatic carbocycles. The number of carbonyl (C=O) groups excluding carboxylic acids is 1. The molecule has 86 valence electrons. The van der Waals surface area contributed by atoms with Crippen molar-refractivity contribution in [2.75, 3.05) is 0 Å². The molecule has 1 aliphatic rings. The number of rotatable bonds is 6. The molecule has 0 aliphatic heterocycles. The molecule has 1 atom stereocenters. The maximum absolute atomic E-state index is 11.4. The van der Waals surface area contributed by atoms with Crippen LogP contribution < -0.4 is 0 Å². The quantitative estimate of drug-likeness (QED) is 0.596. The summed E-state index contributed by atoms with van der Waals surface area (Å²) in [6.07, 6.45) is 7.57. The second-order valence-electron chi connectivity index (χ2n) is 4.87. The van der Waals surface area contributed by atoms with Crippen molar-refractivity contribution in [3.63, 3.8) is 0 Å². The smallest absolute Gasteiger partial charge is 0.132 e.